The molecule has 0 N–H and O–H groups in total. The Bertz CT molecular complexity index is 370. The van der Waals surface area contributed by atoms with Crippen molar-refractivity contribution in [3.05, 3.63) is 41.1 Å². The number of hydrogen-bond donors (Lipinski definition) is 0. The first-order valence-corrected chi connectivity index (χ1v) is 4.25. The number of nitrogens with zero attached hydrogens (tertiary/aromatic N) is 1. The van der Waals surface area contributed by atoms with Gasteiger partial charge in [-0.25, -0.2) is 0 Å². The normalized spacial score (nSPS) is 10.1. The van der Waals surface area contributed by atoms with Gasteiger partial charge >= 0.3 is 0 Å². The summed E-state index contributed by atoms with van der Waals surface area (Å²) >= 11 is 3.42. The Hall–Kier alpha value is -1.09. The highest BCUT2D eigenvalue weighted by Crippen LogP contribution is 2.25. The molecule has 3 heteroatoms. The fourth-order valence-electron chi connectivity index (χ4n) is 0.980. The highest BCUT2D eigenvalue weighted by atomic mass is 79.9. The predicted molar refractivity (Wildman–Crippen MR) is 48.5 cm³/mol. The maximum absolute atomic E-state index is 4.63. The Kier molecular flexibility index (Phi) is 1.96. The van der Waals surface area contributed by atoms with Crippen LogP contribution in [0.4, 0.5) is 0 Å². The van der Waals surface area contributed by atoms with E-state index in [-0.39, 0.29) is 0 Å². The van der Waals surface area contributed by atoms with Crippen LogP contribution in [0.3, 0.4) is 0 Å². The first-order valence-electron chi connectivity index (χ1n) is 3.45. The largest absolute Gasteiger partial charge is 0.352 e. The highest BCUT2D eigenvalue weighted by Gasteiger charge is 2.03. The lowest BCUT2D eigenvalue weighted by atomic mass is 10.2. The molecule has 0 aliphatic heterocycles. The van der Waals surface area contributed by atoms with Crippen molar-refractivity contribution in [2.45, 2.75) is 0 Å². The summed E-state index contributed by atoms with van der Waals surface area (Å²) in [5.41, 5.74) is 1.81. The standard InChI is InChI=1S/C9H5BrNO/c10-8-4-2-1-3-7(8)9-5-6-12-11-9/h1-5H. The van der Waals surface area contributed by atoms with Gasteiger partial charge in [0.1, 0.15) is 5.69 Å². The number of rotatable bonds is 1. The van der Waals surface area contributed by atoms with Crippen LogP contribution in [0.25, 0.3) is 11.3 Å². The summed E-state index contributed by atoms with van der Waals surface area (Å²) in [6.45, 7) is 0. The molecule has 0 atom stereocenters. The van der Waals surface area contributed by atoms with Gasteiger partial charge in [-0.15, -0.1) is 0 Å². The fraction of sp³-hybridized carbons (Fsp3) is 0. The second kappa shape index (κ2) is 3.11. The van der Waals surface area contributed by atoms with Crippen LogP contribution in [0.5, 0.6) is 0 Å². The lowest BCUT2D eigenvalue weighted by molar-refractivity contribution is 0.415. The maximum atomic E-state index is 4.63. The molecule has 1 aromatic carbocycles. The molecule has 2 aromatic rings. The summed E-state index contributed by atoms with van der Waals surface area (Å²) in [6, 6.07) is 9.55. The van der Waals surface area contributed by atoms with Crippen LogP contribution in [0.1, 0.15) is 0 Å². The van der Waals surface area contributed by atoms with Crippen molar-refractivity contribution in [1.29, 1.82) is 0 Å². The van der Waals surface area contributed by atoms with Crippen molar-refractivity contribution in [2.24, 2.45) is 0 Å². The van der Waals surface area contributed by atoms with Gasteiger partial charge in [0.15, 0.2) is 0 Å². The molecule has 0 fully saturated rings. The maximum Gasteiger partial charge on any atom is 0.205 e. The molecule has 1 heterocycles. The van der Waals surface area contributed by atoms with E-state index in [1.807, 2.05) is 24.3 Å². The van der Waals surface area contributed by atoms with Gasteiger partial charge in [0.05, 0.1) is 0 Å². The van der Waals surface area contributed by atoms with E-state index in [1.54, 1.807) is 6.07 Å². The fourth-order valence-corrected chi connectivity index (χ4v) is 1.47. The van der Waals surface area contributed by atoms with Gasteiger partial charge in [0.2, 0.25) is 6.26 Å². The summed E-state index contributed by atoms with van der Waals surface area (Å²) in [7, 11) is 0. The second-order valence-corrected chi connectivity index (χ2v) is 3.16. The van der Waals surface area contributed by atoms with Crippen molar-refractivity contribution >= 4 is 15.9 Å². The summed E-state index contributed by atoms with van der Waals surface area (Å²) in [4.78, 5) is 0. The molecule has 1 aromatic heterocycles. The molecule has 0 aliphatic carbocycles. The molecule has 0 spiro atoms. The predicted octanol–water partition coefficient (Wildman–Crippen LogP) is 2.90. The summed E-state index contributed by atoms with van der Waals surface area (Å²) in [6.07, 6.45) is 2.55. The van der Waals surface area contributed by atoms with Gasteiger partial charge in [-0.2, -0.15) is 0 Å². The Morgan fingerprint density at radius 3 is 2.83 bits per heavy atom. The van der Waals surface area contributed by atoms with Crippen molar-refractivity contribution in [3.63, 3.8) is 0 Å². The van der Waals surface area contributed by atoms with Crippen LogP contribution in [0.2, 0.25) is 0 Å². The van der Waals surface area contributed by atoms with Gasteiger partial charge in [-0.1, -0.05) is 39.3 Å². The lowest BCUT2D eigenvalue weighted by Crippen LogP contribution is -1.77. The van der Waals surface area contributed by atoms with E-state index >= 15 is 0 Å². The Balaban J connectivity index is 2.55. The summed E-state index contributed by atoms with van der Waals surface area (Å²) in [5.74, 6) is 0. The Morgan fingerprint density at radius 2 is 2.17 bits per heavy atom. The molecule has 12 heavy (non-hydrogen) atoms. The van der Waals surface area contributed by atoms with Gasteiger partial charge in [0.25, 0.3) is 0 Å². The van der Waals surface area contributed by atoms with Gasteiger partial charge in [-0.3, -0.25) is 0 Å². The lowest BCUT2D eigenvalue weighted by Gasteiger charge is -1.96. The third-order valence-corrected chi connectivity index (χ3v) is 2.23. The smallest absolute Gasteiger partial charge is 0.205 e. The molecule has 0 saturated heterocycles. The molecule has 2 rings (SSSR count). The van der Waals surface area contributed by atoms with Crippen LogP contribution >= 0.6 is 15.9 Å². The average molecular weight is 223 g/mol. The number of benzene rings is 1. The van der Waals surface area contributed by atoms with E-state index in [0.717, 1.165) is 15.7 Å². The molecule has 2 nitrogen and oxygen atoms in total. The van der Waals surface area contributed by atoms with Crippen LogP contribution < -0.4 is 0 Å². The molecular weight excluding hydrogens is 218 g/mol. The van der Waals surface area contributed by atoms with Crippen LogP contribution in [0, 0.1) is 6.26 Å². The Labute approximate surface area is 78.3 Å². The zero-order valence-electron chi connectivity index (χ0n) is 6.12. The van der Waals surface area contributed by atoms with Crippen LogP contribution in [-0.2, 0) is 0 Å². The first kappa shape index (κ1) is 7.55. The summed E-state index contributed by atoms with van der Waals surface area (Å²) in [5, 5.41) is 3.79. The van der Waals surface area contributed by atoms with E-state index < -0.39 is 0 Å². The Morgan fingerprint density at radius 1 is 1.33 bits per heavy atom. The first-order chi connectivity index (χ1) is 5.88. The van der Waals surface area contributed by atoms with E-state index in [4.69, 9.17) is 0 Å². The van der Waals surface area contributed by atoms with Crippen LogP contribution in [-0.4, -0.2) is 5.16 Å². The topological polar surface area (TPSA) is 26.0 Å². The number of aromatic nitrogens is 1. The van der Waals surface area contributed by atoms with E-state index in [2.05, 4.69) is 31.9 Å². The van der Waals surface area contributed by atoms with Crippen molar-refractivity contribution < 1.29 is 4.52 Å². The molecule has 0 saturated carbocycles. The minimum absolute atomic E-state index is 0.794. The van der Waals surface area contributed by atoms with Crippen molar-refractivity contribution in [1.82, 2.24) is 5.16 Å². The van der Waals surface area contributed by atoms with Crippen molar-refractivity contribution in [2.75, 3.05) is 0 Å². The van der Waals surface area contributed by atoms with Gasteiger partial charge < -0.3 is 4.52 Å². The van der Waals surface area contributed by atoms with E-state index in [9.17, 15) is 0 Å². The highest BCUT2D eigenvalue weighted by molar-refractivity contribution is 9.10. The summed E-state index contributed by atoms with van der Waals surface area (Å²) < 4.78 is 5.63. The zero-order valence-corrected chi connectivity index (χ0v) is 7.71. The van der Waals surface area contributed by atoms with E-state index in [1.165, 1.54) is 0 Å². The molecule has 0 aliphatic rings. The van der Waals surface area contributed by atoms with Crippen molar-refractivity contribution in [3.8, 4) is 11.3 Å². The zero-order chi connectivity index (χ0) is 8.39. The van der Waals surface area contributed by atoms with Crippen LogP contribution in [0.15, 0.2) is 39.3 Å². The quantitative estimate of drug-likeness (QED) is 0.742. The van der Waals surface area contributed by atoms with E-state index in [0.29, 0.717) is 0 Å². The minimum atomic E-state index is 0.794. The second-order valence-electron chi connectivity index (χ2n) is 2.31. The van der Waals surface area contributed by atoms with Gasteiger partial charge in [-0.05, 0) is 6.07 Å². The number of halogens is 1. The third kappa shape index (κ3) is 1.28. The molecule has 1 radical (unpaired) electrons. The monoisotopic (exact) mass is 222 g/mol. The molecular formula is C9H5BrNO. The molecule has 59 valence electrons. The number of hydrogen-bond acceptors (Lipinski definition) is 2. The van der Waals surface area contributed by atoms with Gasteiger partial charge in [0, 0.05) is 16.1 Å². The SMILES string of the molecule is Brc1ccccc1-c1c[c]on1. The molecule has 0 unspecified atom stereocenters. The molecule has 0 bridgehead atoms. The average Bonchev–Trinajstić information content (AvgIpc) is 2.57. The minimum Gasteiger partial charge on any atom is -0.352 e. The third-order valence-electron chi connectivity index (χ3n) is 1.54. The molecule has 0 amide bonds.